The number of sulfonamides is 1. The highest BCUT2D eigenvalue weighted by molar-refractivity contribution is 7.88. The Kier molecular flexibility index (Phi) is 5.15. The zero-order valence-electron chi connectivity index (χ0n) is 13.0. The summed E-state index contributed by atoms with van der Waals surface area (Å²) in [6.07, 6.45) is 2.36. The van der Waals surface area contributed by atoms with Crippen LogP contribution in [0, 0.1) is 13.8 Å². The summed E-state index contributed by atoms with van der Waals surface area (Å²) in [5, 5.41) is 2.76. The van der Waals surface area contributed by atoms with Gasteiger partial charge in [-0.3, -0.25) is 9.78 Å². The third-order valence-corrected chi connectivity index (χ3v) is 4.93. The van der Waals surface area contributed by atoms with Gasteiger partial charge >= 0.3 is 0 Å². The zero-order valence-corrected chi connectivity index (χ0v) is 13.8. The molecule has 8 heteroatoms. The van der Waals surface area contributed by atoms with Crippen molar-refractivity contribution in [1.82, 2.24) is 14.6 Å². The molecule has 1 fully saturated rings. The zero-order chi connectivity index (χ0) is 16.3. The molecular formula is C14H21N3O4S. The van der Waals surface area contributed by atoms with Crippen LogP contribution in [-0.4, -0.2) is 62.2 Å². The molecule has 0 bridgehead atoms. The van der Waals surface area contributed by atoms with Crippen LogP contribution >= 0.6 is 0 Å². The van der Waals surface area contributed by atoms with Crippen LogP contribution in [0.15, 0.2) is 12.3 Å². The third-order valence-electron chi connectivity index (χ3n) is 3.66. The van der Waals surface area contributed by atoms with Gasteiger partial charge in [-0.05, 0) is 25.5 Å². The quantitative estimate of drug-likeness (QED) is 0.846. The summed E-state index contributed by atoms with van der Waals surface area (Å²) in [5.41, 5.74) is 2.32. The Morgan fingerprint density at radius 2 is 2.23 bits per heavy atom. The Bertz CT molecular complexity index is 660. The molecule has 1 aromatic heterocycles. The molecule has 1 saturated heterocycles. The van der Waals surface area contributed by atoms with E-state index < -0.39 is 10.0 Å². The van der Waals surface area contributed by atoms with Crippen molar-refractivity contribution in [2.45, 2.75) is 20.0 Å². The number of ether oxygens (including phenoxy) is 1. The van der Waals surface area contributed by atoms with E-state index in [1.807, 2.05) is 13.8 Å². The molecule has 2 heterocycles. The van der Waals surface area contributed by atoms with Crippen LogP contribution in [0.5, 0.6) is 0 Å². The van der Waals surface area contributed by atoms with Crippen LogP contribution in [0.2, 0.25) is 0 Å². The predicted octanol–water partition coefficient (Wildman–Crippen LogP) is 0.0886. The molecule has 1 aliphatic heterocycles. The Balaban J connectivity index is 1.92. The van der Waals surface area contributed by atoms with Crippen molar-refractivity contribution in [3.8, 4) is 0 Å². The van der Waals surface area contributed by atoms with Gasteiger partial charge in [0.25, 0.3) is 5.91 Å². The average molecular weight is 327 g/mol. The number of nitrogens with one attached hydrogen (secondary N) is 1. The number of hydrogen-bond donors (Lipinski definition) is 1. The van der Waals surface area contributed by atoms with Crippen LogP contribution in [0.25, 0.3) is 0 Å². The SMILES string of the molecule is Cc1cc(C(=O)NC[C@@H]2CN(S(C)(=O)=O)CCO2)cnc1C. The molecule has 0 aromatic carbocycles. The van der Waals surface area contributed by atoms with Gasteiger partial charge in [0.1, 0.15) is 0 Å². The van der Waals surface area contributed by atoms with Gasteiger partial charge in [-0.1, -0.05) is 0 Å². The molecule has 0 unspecified atom stereocenters. The number of rotatable bonds is 4. The van der Waals surface area contributed by atoms with E-state index in [0.29, 0.717) is 18.7 Å². The number of pyridine rings is 1. The second kappa shape index (κ2) is 6.72. The number of amides is 1. The average Bonchev–Trinajstić information content (AvgIpc) is 2.47. The summed E-state index contributed by atoms with van der Waals surface area (Å²) in [6.45, 7) is 4.98. The van der Waals surface area contributed by atoms with Crippen LogP contribution in [-0.2, 0) is 14.8 Å². The first kappa shape index (κ1) is 16.9. The topological polar surface area (TPSA) is 88.6 Å². The second-order valence-corrected chi connectivity index (χ2v) is 7.43. The van der Waals surface area contributed by atoms with Crippen molar-refractivity contribution in [3.63, 3.8) is 0 Å². The minimum Gasteiger partial charge on any atom is -0.374 e. The van der Waals surface area contributed by atoms with Crippen LogP contribution in [0.1, 0.15) is 21.6 Å². The molecule has 122 valence electrons. The summed E-state index contributed by atoms with van der Waals surface area (Å²) in [4.78, 5) is 16.2. The van der Waals surface area contributed by atoms with Gasteiger partial charge < -0.3 is 10.1 Å². The molecule has 0 spiro atoms. The maximum Gasteiger partial charge on any atom is 0.252 e. The van der Waals surface area contributed by atoms with Gasteiger partial charge in [0.15, 0.2) is 0 Å². The summed E-state index contributed by atoms with van der Waals surface area (Å²) in [7, 11) is -3.23. The fourth-order valence-electron chi connectivity index (χ4n) is 2.19. The minimum absolute atomic E-state index is 0.240. The van der Waals surface area contributed by atoms with Crippen molar-refractivity contribution in [1.29, 1.82) is 0 Å². The largest absolute Gasteiger partial charge is 0.374 e. The van der Waals surface area contributed by atoms with Gasteiger partial charge in [-0.15, -0.1) is 0 Å². The van der Waals surface area contributed by atoms with Gasteiger partial charge in [-0.2, -0.15) is 4.31 Å². The van der Waals surface area contributed by atoms with Gasteiger partial charge in [-0.25, -0.2) is 8.42 Å². The fraction of sp³-hybridized carbons (Fsp3) is 0.571. The number of hydrogen-bond acceptors (Lipinski definition) is 5. The van der Waals surface area contributed by atoms with E-state index in [4.69, 9.17) is 4.74 Å². The number of aryl methyl sites for hydroxylation is 2. The number of morpholine rings is 1. The summed E-state index contributed by atoms with van der Waals surface area (Å²) in [6, 6.07) is 1.78. The van der Waals surface area contributed by atoms with E-state index in [2.05, 4.69) is 10.3 Å². The van der Waals surface area contributed by atoms with E-state index in [1.54, 1.807) is 6.07 Å². The normalized spacial score (nSPS) is 19.9. The number of carbonyl (C=O) groups is 1. The smallest absolute Gasteiger partial charge is 0.252 e. The van der Waals surface area contributed by atoms with Crippen molar-refractivity contribution in [3.05, 3.63) is 29.1 Å². The molecule has 7 nitrogen and oxygen atoms in total. The molecule has 1 N–H and O–H groups in total. The molecule has 1 amide bonds. The molecule has 22 heavy (non-hydrogen) atoms. The maximum atomic E-state index is 12.1. The molecule has 2 rings (SSSR count). The van der Waals surface area contributed by atoms with Gasteiger partial charge in [0, 0.05) is 31.5 Å². The third kappa shape index (κ3) is 4.25. The van der Waals surface area contributed by atoms with E-state index in [1.165, 1.54) is 16.8 Å². The van der Waals surface area contributed by atoms with E-state index in [-0.39, 0.29) is 25.1 Å². The molecular weight excluding hydrogens is 306 g/mol. The molecule has 0 aliphatic carbocycles. The highest BCUT2D eigenvalue weighted by atomic mass is 32.2. The number of carbonyl (C=O) groups excluding carboxylic acids is 1. The van der Waals surface area contributed by atoms with E-state index in [0.717, 1.165) is 11.3 Å². The molecule has 1 atom stereocenters. The van der Waals surface area contributed by atoms with Crippen molar-refractivity contribution in [2.24, 2.45) is 0 Å². The van der Waals surface area contributed by atoms with E-state index in [9.17, 15) is 13.2 Å². The van der Waals surface area contributed by atoms with Crippen molar-refractivity contribution < 1.29 is 17.9 Å². The first-order valence-corrected chi connectivity index (χ1v) is 8.90. The second-order valence-electron chi connectivity index (χ2n) is 5.45. The Morgan fingerprint density at radius 3 is 2.86 bits per heavy atom. The molecule has 0 radical (unpaired) electrons. The fourth-order valence-corrected chi connectivity index (χ4v) is 3.04. The Labute approximate surface area is 130 Å². The van der Waals surface area contributed by atoms with Crippen molar-refractivity contribution in [2.75, 3.05) is 32.5 Å². The lowest BCUT2D eigenvalue weighted by Gasteiger charge is -2.31. The highest BCUT2D eigenvalue weighted by Gasteiger charge is 2.26. The standard InChI is InChI=1S/C14H21N3O4S/c1-10-6-12(7-15-11(10)2)14(18)16-8-13-9-17(4-5-21-13)22(3,19)20/h6-7,13H,4-5,8-9H2,1-3H3,(H,16,18)/t13-/m1/s1. The molecule has 0 saturated carbocycles. The predicted molar refractivity (Wildman–Crippen MR) is 82.2 cm³/mol. The lowest BCUT2D eigenvalue weighted by molar-refractivity contribution is 0.000436. The maximum absolute atomic E-state index is 12.1. The summed E-state index contributed by atoms with van der Waals surface area (Å²) < 4.78 is 29.9. The molecule has 1 aliphatic rings. The van der Waals surface area contributed by atoms with Gasteiger partial charge in [0.2, 0.25) is 10.0 Å². The lowest BCUT2D eigenvalue weighted by Crippen LogP contribution is -2.49. The highest BCUT2D eigenvalue weighted by Crippen LogP contribution is 2.09. The first-order chi connectivity index (χ1) is 10.3. The first-order valence-electron chi connectivity index (χ1n) is 7.05. The summed E-state index contributed by atoms with van der Waals surface area (Å²) >= 11 is 0. The van der Waals surface area contributed by atoms with Crippen LogP contribution in [0.3, 0.4) is 0 Å². The van der Waals surface area contributed by atoms with E-state index >= 15 is 0 Å². The number of nitrogens with zero attached hydrogens (tertiary/aromatic N) is 2. The summed E-state index contributed by atoms with van der Waals surface area (Å²) in [5.74, 6) is -0.240. The Morgan fingerprint density at radius 1 is 1.50 bits per heavy atom. The number of aromatic nitrogens is 1. The van der Waals surface area contributed by atoms with Crippen LogP contribution in [0.4, 0.5) is 0 Å². The van der Waals surface area contributed by atoms with Crippen molar-refractivity contribution >= 4 is 15.9 Å². The van der Waals surface area contributed by atoms with Gasteiger partial charge in [0.05, 0.1) is 24.5 Å². The van der Waals surface area contributed by atoms with Crippen LogP contribution < -0.4 is 5.32 Å². The Hall–Kier alpha value is -1.51. The lowest BCUT2D eigenvalue weighted by atomic mass is 10.1. The minimum atomic E-state index is -3.23. The molecule has 1 aromatic rings. The monoisotopic (exact) mass is 327 g/mol.